The Morgan fingerprint density at radius 3 is 2.18 bits per heavy atom. The third-order valence-corrected chi connectivity index (χ3v) is 7.42. The number of rotatable bonds is 4. The van der Waals surface area contributed by atoms with E-state index in [1.165, 1.54) is 11.8 Å². The lowest BCUT2D eigenvalue weighted by Gasteiger charge is -2.21. The summed E-state index contributed by atoms with van der Waals surface area (Å²) >= 11 is 11.1. The van der Waals surface area contributed by atoms with Crippen LogP contribution in [-0.4, -0.2) is 18.2 Å². The molecule has 34 heavy (non-hydrogen) atoms. The van der Waals surface area contributed by atoms with Crippen molar-refractivity contribution in [3.8, 4) is 5.75 Å². The van der Waals surface area contributed by atoms with Gasteiger partial charge >= 0.3 is 0 Å². The average Bonchev–Trinajstić information content (AvgIpc) is 3.05. The zero-order valence-corrected chi connectivity index (χ0v) is 22.7. The van der Waals surface area contributed by atoms with E-state index in [1.54, 1.807) is 24.1 Å². The van der Waals surface area contributed by atoms with Crippen molar-refractivity contribution in [2.75, 3.05) is 12.0 Å². The fourth-order valence-corrected chi connectivity index (χ4v) is 5.99. The van der Waals surface area contributed by atoms with Crippen LogP contribution < -0.4 is 9.64 Å². The summed E-state index contributed by atoms with van der Waals surface area (Å²) in [7, 11) is 1.59. The summed E-state index contributed by atoms with van der Waals surface area (Å²) < 4.78 is 6.29. The van der Waals surface area contributed by atoms with Crippen LogP contribution in [0.4, 0.5) is 11.4 Å². The number of amides is 1. The van der Waals surface area contributed by atoms with Crippen LogP contribution in [0.25, 0.3) is 6.08 Å². The number of aliphatic imine (C=N–C) groups is 1. The number of halogens is 2. The number of anilines is 1. The third-order valence-electron chi connectivity index (χ3n) is 5.64. The number of methoxy groups -OCH3 is 1. The van der Waals surface area contributed by atoms with Gasteiger partial charge in [-0.3, -0.25) is 9.69 Å². The highest BCUT2D eigenvalue weighted by molar-refractivity contribution is 9.10. The van der Waals surface area contributed by atoms with Crippen molar-refractivity contribution in [2.24, 2.45) is 4.99 Å². The molecule has 1 amide bonds. The number of amidine groups is 1. The van der Waals surface area contributed by atoms with Gasteiger partial charge in [-0.15, -0.1) is 0 Å². The van der Waals surface area contributed by atoms with Gasteiger partial charge in [0.2, 0.25) is 0 Å². The molecule has 1 heterocycles. The molecule has 0 spiro atoms. The van der Waals surface area contributed by atoms with Gasteiger partial charge in [-0.05, 0) is 95.8 Å². The molecule has 174 valence electrons. The Bertz CT molecular complexity index is 1330. The molecule has 0 atom stereocenters. The van der Waals surface area contributed by atoms with E-state index in [-0.39, 0.29) is 5.91 Å². The molecular weight excluding hydrogens is 532 g/mol. The number of hydrogen-bond donors (Lipinski definition) is 0. The lowest BCUT2D eigenvalue weighted by Crippen LogP contribution is -2.30. The summed E-state index contributed by atoms with van der Waals surface area (Å²) in [6.45, 7) is 8.08. The van der Waals surface area contributed by atoms with Crippen LogP contribution in [0.3, 0.4) is 0 Å². The van der Waals surface area contributed by atoms with Gasteiger partial charge in [0.05, 0.1) is 27.9 Å². The molecule has 4 rings (SSSR count). The van der Waals surface area contributed by atoms with Crippen LogP contribution >= 0.6 is 39.3 Å². The normalized spacial score (nSPS) is 16.1. The van der Waals surface area contributed by atoms with E-state index in [4.69, 9.17) is 21.3 Å². The topological polar surface area (TPSA) is 41.9 Å². The van der Waals surface area contributed by atoms with Gasteiger partial charge in [-0.2, -0.15) is 0 Å². The van der Waals surface area contributed by atoms with Gasteiger partial charge in [0.25, 0.3) is 5.91 Å². The smallest absolute Gasteiger partial charge is 0.271 e. The van der Waals surface area contributed by atoms with E-state index in [1.807, 2.05) is 70.2 Å². The minimum Gasteiger partial charge on any atom is -0.495 e. The Labute approximate surface area is 217 Å². The van der Waals surface area contributed by atoms with Crippen LogP contribution in [0.15, 0.2) is 62.9 Å². The van der Waals surface area contributed by atoms with Crippen LogP contribution in [0.5, 0.6) is 5.75 Å². The van der Waals surface area contributed by atoms with Gasteiger partial charge in [0.1, 0.15) is 5.75 Å². The molecule has 0 aliphatic carbocycles. The Balaban J connectivity index is 1.92. The highest BCUT2D eigenvalue weighted by atomic mass is 79.9. The van der Waals surface area contributed by atoms with Crippen molar-refractivity contribution in [1.29, 1.82) is 0 Å². The molecule has 1 saturated heterocycles. The lowest BCUT2D eigenvalue weighted by molar-refractivity contribution is -0.113. The van der Waals surface area contributed by atoms with E-state index in [9.17, 15) is 4.79 Å². The van der Waals surface area contributed by atoms with Gasteiger partial charge in [-0.1, -0.05) is 48.0 Å². The third kappa shape index (κ3) is 4.67. The minimum atomic E-state index is -0.134. The monoisotopic (exact) mass is 554 g/mol. The first kappa shape index (κ1) is 24.6. The second-order valence-electron chi connectivity index (χ2n) is 8.14. The molecule has 1 aliphatic heterocycles. The Morgan fingerprint density at radius 1 is 1.00 bits per heavy atom. The largest absolute Gasteiger partial charge is 0.495 e. The number of benzene rings is 3. The summed E-state index contributed by atoms with van der Waals surface area (Å²) in [4.78, 5) is 21.1. The Morgan fingerprint density at radius 2 is 1.59 bits per heavy atom. The average molecular weight is 556 g/mol. The summed E-state index contributed by atoms with van der Waals surface area (Å²) in [6, 6.07) is 15.6. The Hall–Kier alpha value is -2.54. The van der Waals surface area contributed by atoms with Gasteiger partial charge < -0.3 is 4.74 Å². The van der Waals surface area contributed by atoms with E-state index in [0.29, 0.717) is 26.4 Å². The molecule has 4 nitrogen and oxygen atoms in total. The summed E-state index contributed by atoms with van der Waals surface area (Å²) in [5.41, 5.74) is 6.57. The molecule has 1 aliphatic rings. The summed E-state index contributed by atoms with van der Waals surface area (Å²) in [6.07, 6.45) is 1.82. The SMILES string of the molecule is COc1c(Br)cc(Cl)cc1/C=C1\SC(=Nc2c(C)cccc2C)N(c2c(C)cccc2C)C1=O. The standard InChI is InChI=1S/C27H24BrClN2O2S/c1-15-8-6-9-16(2)23(15)30-27-31(24-17(3)10-7-11-18(24)4)26(32)22(34-27)13-19-12-20(29)14-21(28)25(19)33-5/h6-14H,1-5H3/b22-13-,30-27?. The number of carbonyl (C=O) groups excluding carboxylic acids is 1. The van der Waals surface area contributed by atoms with Crippen molar-refractivity contribution in [3.05, 3.63) is 90.7 Å². The molecule has 3 aromatic carbocycles. The molecule has 0 N–H and O–H groups in total. The number of aryl methyl sites for hydroxylation is 4. The number of nitrogens with zero attached hydrogens (tertiary/aromatic N) is 2. The maximum atomic E-state index is 13.8. The van der Waals surface area contributed by atoms with Crippen molar-refractivity contribution in [3.63, 3.8) is 0 Å². The lowest BCUT2D eigenvalue weighted by atomic mass is 10.1. The second kappa shape index (κ2) is 9.98. The molecule has 0 radical (unpaired) electrons. The molecule has 3 aromatic rings. The maximum absolute atomic E-state index is 13.8. The van der Waals surface area contributed by atoms with Crippen molar-refractivity contribution < 1.29 is 9.53 Å². The van der Waals surface area contributed by atoms with E-state index in [0.717, 1.165) is 38.1 Å². The van der Waals surface area contributed by atoms with E-state index < -0.39 is 0 Å². The quantitative estimate of drug-likeness (QED) is 0.305. The first-order valence-electron chi connectivity index (χ1n) is 10.7. The van der Waals surface area contributed by atoms with Crippen LogP contribution in [0.1, 0.15) is 27.8 Å². The zero-order valence-electron chi connectivity index (χ0n) is 19.6. The van der Waals surface area contributed by atoms with Crippen LogP contribution in [0.2, 0.25) is 5.02 Å². The predicted octanol–water partition coefficient (Wildman–Crippen LogP) is 8.15. The second-order valence-corrected chi connectivity index (χ2v) is 10.4. The highest BCUT2D eigenvalue weighted by Gasteiger charge is 2.36. The first-order valence-corrected chi connectivity index (χ1v) is 12.7. The molecule has 0 bridgehead atoms. The molecule has 0 saturated carbocycles. The fraction of sp³-hybridized carbons (Fsp3) is 0.185. The number of thioether (sulfide) groups is 1. The molecule has 0 unspecified atom stereocenters. The van der Waals surface area contributed by atoms with Crippen molar-refractivity contribution >= 4 is 67.8 Å². The number of hydrogen-bond acceptors (Lipinski definition) is 4. The minimum absolute atomic E-state index is 0.134. The molecular formula is C27H24BrClN2O2S. The van der Waals surface area contributed by atoms with Crippen LogP contribution in [0, 0.1) is 27.7 Å². The van der Waals surface area contributed by atoms with Crippen molar-refractivity contribution in [2.45, 2.75) is 27.7 Å². The Kier molecular flexibility index (Phi) is 7.22. The van der Waals surface area contributed by atoms with Gasteiger partial charge in [-0.25, -0.2) is 4.99 Å². The summed E-state index contributed by atoms with van der Waals surface area (Å²) in [5.74, 6) is 0.481. The fourth-order valence-electron chi connectivity index (χ4n) is 4.03. The highest BCUT2D eigenvalue weighted by Crippen LogP contribution is 2.42. The van der Waals surface area contributed by atoms with Gasteiger partial charge in [0.15, 0.2) is 5.17 Å². The number of carbonyl (C=O) groups is 1. The summed E-state index contributed by atoms with van der Waals surface area (Å²) in [5, 5.41) is 1.16. The molecule has 0 aromatic heterocycles. The zero-order chi connectivity index (χ0) is 24.6. The van der Waals surface area contributed by atoms with Crippen LogP contribution in [-0.2, 0) is 4.79 Å². The maximum Gasteiger partial charge on any atom is 0.271 e. The van der Waals surface area contributed by atoms with E-state index in [2.05, 4.69) is 15.9 Å². The molecule has 7 heteroatoms. The van der Waals surface area contributed by atoms with Crippen molar-refractivity contribution in [1.82, 2.24) is 0 Å². The van der Waals surface area contributed by atoms with Gasteiger partial charge in [0, 0.05) is 10.6 Å². The van der Waals surface area contributed by atoms with E-state index >= 15 is 0 Å². The first-order chi connectivity index (χ1) is 16.2. The molecule has 1 fully saturated rings. The predicted molar refractivity (Wildman–Crippen MR) is 148 cm³/mol. The number of para-hydroxylation sites is 2. The number of ether oxygens (including phenoxy) is 1.